The predicted octanol–water partition coefficient (Wildman–Crippen LogP) is 5.83. The van der Waals surface area contributed by atoms with Crippen molar-refractivity contribution in [1.82, 2.24) is 0 Å². The molecule has 0 heterocycles. The second-order valence-corrected chi connectivity index (χ2v) is 13.0. The highest BCUT2D eigenvalue weighted by Crippen LogP contribution is 2.62. The number of sulfonamides is 1. The SMILES string of the molecule is CCOc1cc2c(cc1O)CC[C@@H]1[C@@H]2CC[C@]2(C)[C@@H](OC(=O)c3cc(S(N)(=O)=O)c(Cl)cc3Cl)CC[C@@H]12. The van der Waals surface area contributed by atoms with Crippen molar-refractivity contribution in [1.29, 1.82) is 0 Å². The molecule has 2 fully saturated rings. The van der Waals surface area contributed by atoms with Crippen LogP contribution in [0.2, 0.25) is 10.0 Å². The summed E-state index contributed by atoms with van der Waals surface area (Å²) in [6.07, 6.45) is 5.12. The normalized spacial score (nSPS) is 28.7. The lowest BCUT2D eigenvalue weighted by Crippen LogP contribution is -2.45. The van der Waals surface area contributed by atoms with Crippen LogP contribution >= 0.6 is 23.2 Å². The number of halogens is 2. The number of hydrogen-bond acceptors (Lipinski definition) is 6. The highest BCUT2D eigenvalue weighted by molar-refractivity contribution is 7.89. The molecule has 0 aliphatic heterocycles. The molecule has 10 heteroatoms. The van der Waals surface area contributed by atoms with Crippen LogP contribution in [-0.4, -0.2) is 32.2 Å². The van der Waals surface area contributed by atoms with Crippen molar-refractivity contribution < 1.29 is 27.8 Å². The van der Waals surface area contributed by atoms with E-state index in [9.17, 15) is 18.3 Å². The second-order valence-electron chi connectivity index (χ2n) is 10.7. The second kappa shape index (κ2) is 9.63. The van der Waals surface area contributed by atoms with Gasteiger partial charge in [-0.1, -0.05) is 30.1 Å². The van der Waals surface area contributed by atoms with Gasteiger partial charge in [-0.3, -0.25) is 0 Å². The Balaban J connectivity index is 1.38. The summed E-state index contributed by atoms with van der Waals surface area (Å²) in [5, 5.41) is 15.5. The standard InChI is InChI=1S/C27H31Cl2NO6S/c1-3-35-23-11-17-14(10-22(23)31)4-5-16-15(17)8-9-27(2)19(16)6-7-25(27)36-26(32)18-12-24(37(30,33)34)21(29)13-20(18)28/h10-13,15-16,19,25,31H,3-9H2,1-2H3,(H2,30,33,34)/t15-,16+,19-,25-,27-/m0/s1. The van der Waals surface area contributed by atoms with E-state index in [-0.39, 0.29) is 37.8 Å². The number of fused-ring (bicyclic) bond motifs is 5. The first-order chi connectivity index (χ1) is 17.4. The molecular weight excluding hydrogens is 537 g/mol. The third kappa shape index (κ3) is 4.60. The first-order valence-electron chi connectivity index (χ1n) is 12.7. The molecule has 0 saturated heterocycles. The van der Waals surface area contributed by atoms with Crippen molar-refractivity contribution in [3.8, 4) is 11.5 Å². The van der Waals surface area contributed by atoms with E-state index in [1.165, 1.54) is 17.2 Å². The molecule has 0 bridgehead atoms. The number of hydrogen-bond donors (Lipinski definition) is 2. The highest BCUT2D eigenvalue weighted by Gasteiger charge is 2.56. The van der Waals surface area contributed by atoms with Crippen LogP contribution in [0.15, 0.2) is 29.2 Å². The number of carbonyl (C=O) groups excluding carboxylic acids is 1. The molecule has 0 unspecified atom stereocenters. The Labute approximate surface area is 227 Å². The van der Waals surface area contributed by atoms with Crippen molar-refractivity contribution in [2.24, 2.45) is 22.4 Å². The molecular formula is C27H31Cl2NO6S. The van der Waals surface area contributed by atoms with Crippen molar-refractivity contribution in [3.05, 3.63) is 51.0 Å². The van der Waals surface area contributed by atoms with E-state index in [0.717, 1.165) is 44.6 Å². The van der Waals surface area contributed by atoms with Gasteiger partial charge in [-0.15, -0.1) is 0 Å². The number of phenols is 1. The Kier molecular flexibility index (Phi) is 6.92. The molecule has 2 saturated carbocycles. The first-order valence-corrected chi connectivity index (χ1v) is 15.0. The van der Waals surface area contributed by atoms with Crippen LogP contribution in [0, 0.1) is 17.3 Å². The lowest BCUT2D eigenvalue weighted by Gasteiger charge is -2.50. The van der Waals surface area contributed by atoms with Crippen LogP contribution < -0.4 is 9.88 Å². The fraction of sp³-hybridized carbons (Fsp3) is 0.519. The number of nitrogens with two attached hydrogens (primary N) is 1. The van der Waals surface area contributed by atoms with E-state index in [0.29, 0.717) is 30.1 Å². The molecule has 2 aromatic rings. The molecule has 200 valence electrons. The third-order valence-corrected chi connectivity index (χ3v) is 10.5. The summed E-state index contributed by atoms with van der Waals surface area (Å²) in [7, 11) is -4.13. The summed E-state index contributed by atoms with van der Waals surface area (Å²) < 4.78 is 35.5. The molecule has 0 radical (unpaired) electrons. The van der Waals surface area contributed by atoms with Crippen LogP contribution in [-0.2, 0) is 21.2 Å². The average Bonchev–Trinajstić information content (AvgIpc) is 3.14. The van der Waals surface area contributed by atoms with E-state index >= 15 is 0 Å². The number of ether oxygens (including phenoxy) is 2. The molecule has 0 spiro atoms. The average molecular weight is 569 g/mol. The van der Waals surface area contributed by atoms with Crippen molar-refractivity contribution in [2.45, 2.75) is 69.3 Å². The lowest BCUT2D eigenvalue weighted by atomic mass is 9.55. The third-order valence-electron chi connectivity index (χ3n) is 8.81. The van der Waals surface area contributed by atoms with Crippen LogP contribution in [0.3, 0.4) is 0 Å². The Morgan fingerprint density at radius 3 is 2.59 bits per heavy atom. The van der Waals surface area contributed by atoms with Gasteiger partial charge in [-0.25, -0.2) is 18.4 Å². The van der Waals surface area contributed by atoms with Crippen LogP contribution in [0.5, 0.6) is 11.5 Å². The zero-order chi connectivity index (χ0) is 26.7. The summed E-state index contributed by atoms with van der Waals surface area (Å²) in [6.45, 7) is 4.60. The zero-order valence-electron chi connectivity index (χ0n) is 20.8. The van der Waals surface area contributed by atoms with Gasteiger partial charge in [0.1, 0.15) is 11.0 Å². The fourth-order valence-electron chi connectivity index (χ4n) is 7.10. The van der Waals surface area contributed by atoms with Gasteiger partial charge < -0.3 is 14.6 Å². The summed E-state index contributed by atoms with van der Waals surface area (Å²) in [6, 6.07) is 6.18. The predicted molar refractivity (Wildman–Crippen MR) is 141 cm³/mol. The maximum absolute atomic E-state index is 13.2. The number of carbonyl (C=O) groups is 1. The van der Waals surface area contributed by atoms with Gasteiger partial charge in [0.15, 0.2) is 11.5 Å². The van der Waals surface area contributed by atoms with Crippen molar-refractivity contribution >= 4 is 39.2 Å². The molecule has 0 aromatic heterocycles. The van der Waals surface area contributed by atoms with Crippen LogP contribution in [0.1, 0.15) is 73.4 Å². The van der Waals surface area contributed by atoms with E-state index in [2.05, 4.69) is 6.92 Å². The van der Waals surface area contributed by atoms with Gasteiger partial charge in [0.25, 0.3) is 0 Å². The van der Waals surface area contributed by atoms with Gasteiger partial charge in [0.05, 0.1) is 22.2 Å². The smallest absolute Gasteiger partial charge is 0.339 e. The zero-order valence-corrected chi connectivity index (χ0v) is 23.1. The maximum atomic E-state index is 13.2. The Morgan fingerprint density at radius 2 is 1.89 bits per heavy atom. The first kappa shape index (κ1) is 26.6. The lowest BCUT2D eigenvalue weighted by molar-refractivity contribution is -0.0428. The number of benzene rings is 2. The summed E-state index contributed by atoms with van der Waals surface area (Å²) in [4.78, 5) is 12.8. The Bertz CT molecular complexity index is 1360. The molecule has 3 aliphatic carbocycles. The van der Waals surface area contributed by atoms with E-state index in [1.54, 1.807) is 0 Å². The number of esters is 1. The summed E-state index contributed by atoms with van der Waals surface area (Å²) >= 11 is 12.2. The number of rotatable bonds is 5. The molecule has 5 atom stereocenters. The van der Waals surface area contributed by atoms with Crippen molar-refractivity contribution in [3.63, 3.8) is 0 Å². The summed E-state index contributed by atoms with van der Waals surface area (Å²) in [5.41, 5.74) is 2.19. The van der Waals surface area contributed by atoms with Crippen molar-refractivity contribution in [2.75, 3.05) is 6.61 Å². The maximum Gasteiger partial charge on any atom is 0.339 e. The fourth-order valence-corrected chi connectivity index (χ4v) is 8.50. The van der Waals surface area contributed by atoms with Gasteiger partial charge in [0.2, 0.25) is 10.0 Å². The molecule has 2 aromatic carbocycles. The highest BCUT2D eigenvalue weighted by atomic mass is 35.5. The monoisotopic (exact) mass is 567 g/mol. The number of aryl methyl sites for hydroxylation is 1. The van der Waals surface area contributed by atoms with Crippen LogP contribution in [0.25, 0.3) is 0 Å². The minimum atomic E-state index is -4.13. The van der Waals surface area contributed by atoms with Gasteiger partial charge in [-0.05, 0) is 98.6 Å². The van der Waals surface area contributed by atoms with Gasteiger partial charge >= 0.3 is 5.97 Å². The minimum Gasteiger partial charge on any atom is -0.504 e. The largest absolute Gasteiger partial charge is 0.504 e. The van der Waals surface area contributed by atoms with Crippen LogP contribution in [0.4, 0.5) is 0 Å². The Morgan fingerprint density at radius 1 is 1.14 bits per heavy atom. The quantitative estimate of drug-likeness (QED) is 0.439. The number of phenolic OH excluding ortho intramolecular Hbond substituents is 1. The molecule has 5 rings (SSSR count). The Hall–Kier alpha value is -2.00. The topological polar surface area (TPSA) is 116 Å². The van der Waals surface area contributed by atoms with E-state index in [4.69, 9.17) is 37.8 Å². The summed E-state index contributed by atoms with van der Waals surface area (Å²) in [5.74, 6) is 1.25. The minimum absolute atomic E-state index is 0.0167. The van der Waals surface area contributed by atoms with Gasteiger partial charge in [0, 0.05) is 5.41 Å². The number of aromatic hydroxyl groups is 1. The van der Waals surface area contributed by atoms with Gasteiger partial charge in [-0.2, -0.15) is 0 Å². The van der Waals surface area contributed by atoms with E-state index < -0.39 is 16.0 Å². The molecule has 37 heavy (non-hydrogen) atoms. The molecule has 3 N–H and O–H groups in total. The number of primary sulfonamides is 1. The van der Waals surface area contributed by atoms with E-state index in [1.807, 2.05) is 19.1 Å². The molecule has 7 nitrogen and oxygen atoms in total. The molecule has 3 aliphatic rings. The molecule has 0 amide bonds.